The van der Waals surface area contributed by atoms with Crippen LogP contribution in [0.4, 0.5) is 5.95 Å². The van der Waals surface area contributed by atoms with Gasteiger partial charge in [-0.2, -0.15) is 4.98 Å². The van der Waals surface area contributed by atoms with Gasteiger partial charge in [0, 0.05) is 6.54 Å². The molecule has 0 spiro atoms. The van der Waals surface area contributed by atoms with Crippen LogP contribution in [0.25, 0.3) is 11.2 Å². The van der Waals surface area contributed by atoms with E-state index in [9.17, 15) is 9.36 Å². The number of nitrogens with zero attached hydrogens (tertiary/aromatic N) is 3. The van der Waals surface area contributed by atoms with Gasteiger partial charge in [0.2, 0.25) is 5.95 Å². The highest BCUT2D eigenvalue weighted by Gasteiger charge is 2.25. The van der Waals surface area contributed by atoms with Crippen molar-refractivity contribution in [1.82, 2.24) is 19.5 Å². The molecular formula is C10H12N5O5P. The molecule has 3 heterocycles. The Labute approximate surface area is 117 Å². The number of anilines is 1. The number of aryl methyl sites for hydroxylation is 1. The molecule has 1 aliphatic rings. The third-order valence-corrected chi connectivity index (χ3v) is 3.76. The molecule has 0 bridgehead atoms. The van der Waals surface area contributed by atoms with Crippen molar-refractivity contribution in [2.75, 3.05) is 12.3 Å². The minimum Gasteiger partial charge on any atom is -0.412 e. The molecule has 10 nitrogen and oxygen atoms in total. The second-order valence-electron chi connectivity index (χ2n) is 4.43. The van der Waals surface area contributed by atoms with Gasteiger partial charge < -0.3 is 14.8 Å². The van der Waals surface area contributed by atoms with Crippen LogP contribution in [-0.2, 0) is 20.2 Å². The van der Waals surface area contributed by atoms with Crippen molar-refractivity contribution in [1.29, 1.82) is 0 Å². The summed E-state index contributed by atoms with van der Waals surface area (Å²) in [5.41, 5.74) is 6.39. The maximum atomic E-state index is 11.6. The van der Waals surface area contributed by atoms with Gasteiger partial charge >= 0.3 is 7.82 Å². The summed E-state index contributed by atoms with van der Waals surface area (Å²) >= 11 is 0. The second-order valence-corrected chi connectivity index (χ2v) is 5.84. The average molecular weight is 313 g/mol. The molecule has 0 aliphatic carbocycles. The number of hydrogen-bond acceptors (Lipinski definition) is 7. The number of nitrogens with one attached hydrogen (secondary N) is 1. The molecule has 2 aromatic heterocycles. The van der Waals surface area contributed by atoms with Crippen molar-refractivity contribution >= 4 is 24.9 Å². The molecule has 0 fully saturated rings. The minimum absolute atomic E-state index is 0.0105. The van der Waals surface area contributed by atoms with Crippen LogP contribution in [0.2, 0.25) is 0 Å². The summed E-state index contributed by atoms with van der Waals surface area (Å²) in [6.07, 6.45) is 3.19. The van der Waals surface area contributed by atoms with Crippen LogP contribution in [0.5, 0.6) is 0 Å². The lowest BCUT2D eigenvalue weighted by Gasteiger charge is -2.18. The quantitative estimate of drug-likeness (QED) is 0.677. The van der Waals surface area contributed by atoms with Gasteiger partial charge in [0.1, 0.15) is 0 Å². The van der Waals surface area contributed by atoms with Gasteiger partial charge in [0.15, 0.2) is 11.2 Å². The lowest BCUT2D eigenvalue weighted by atomic mass is 10.2. The van der Waals surface area contributed by atoms with E-state index in [2.05, 4.69) is 24.0 Å². The van der Waals surface area contributed by atoms with E-state index < -0.39 is 13.4 Å². The first-order chi connectivity index (χ1) is 9.94. The van der Waals surface area contributed by atoms with Crippen LogP contribution in [0.3, 0.4) is 0 Å². The molecular weight excluding hydrogens is 301 g/mol. The van der Waals surface area contributed by atoms with Crippen molar-refractivity contribution in [3.05, 3.63) is 28.5 Å². The van der Waals surface area contributed by atoms with Crippen molar-refractivity contribution in [2.24, 2.45) is 0 Å². The average Bonchev–Trinajstić information content (AvgIpc) is 2.81. The van der Waals surface area contributed by atoms with Gasteiger partial charge in [-0.1, -0.05) is 0 Å². The Balaban J connectivity index is 1.79. The molecule has 0 radical (unpaired) electrons. The largest absolute Gasteiger partial charge is 0.527 e. The highest BCUT2D eigenvalue weighted by molar-refractivity contribution is 7.47. The van der Waals surface area contributed by atoms with E-state index in [4.69, 9.17) is 10.6 Å². The van der Waals surface area contributed by atoms with Crippen LogP contribution in [0.1, 0.15) is 6.42 Å². The topological polar surface area (TPSA) is 145 Å². The van der Waals surface area contributed by atoms with Gasteiger partial charge in [-0.3, -0.25) is 19.2 Å². The normalized spacial score (nSPS) is 22.0. The third-order valence-electron chi connectivity index (χ3n) is 2.93. The van der Waals surface area contributed by atoms with E-state index in [1.54, 1.807) is 4.57 Å². The van der Waals surface area contributed by atoms with Crippen LogP contribution in [0, 0.1) is 0 Å². The fourth-order valence-corrected chi connectivity index (χ4v) is 2.57. The summed E-state index contributed by atoms with van der Waals surface area (Å²) in [5.74, 6) is 0.0130. The smallest absolute Gasteiger partial charge is 0.412 e. The van der Waals surface area contributed by atoms with Gasteiger partial charge in [-0.05, 0) is 12.0 Å². The molecule has 21 heavy (non-hydrogen) atoms. The molecule has 3 rings (SSSR count). The number of phosphoric ester groups is 1. The van der Waals surface area contributed by atoms with Crippen molar-refractivity contribution < 1.29 is 18.5 Å². The Hall–Kier alpha value is -2.16. The van der Waals surface area contributed by atoms with Gasteiger partial charge in [-0.15, -0.1) is 0 Å². The number of imidazole rings is 1. The molecule has 0 saturated heterocycles. The van der Waals surface area contributed by atoms with E-state index in [0.717, 1.165) is 0 Å². The van der Waals surface area contributed by atoms with E-state index in [1.807, 2.05) is 0 Å². The molecule has 1 unspecified atom stereocenters. The zero-order valence-corrected chi connectivity index (χ0v) is 11.6. The van der Waals surface area contributed by atoms with E-state index >= 15 is 0 Å². The molecule has 1 atom stereocenters. The zero-order chi connectivity index (χ0) is 15.0. The number of nitrogen functional groups attached to an aromatic ring is 1. The summed E-state index contributed by atoms with van der Waals surface area (Å²) in [4.78, 5) is 31.1. The SMILES string of the molecule is Nc1nc2c(ncn2CCC2=COP(=O)(O)OC2)c(=O)[nH]1. The number of hydrogen-bond donors (Lipinski definition) is 3. The number of H-pyrrole nitrogens is 1. The fraction of sp³-hybridized carbons (Fsp3) is 0.300. The summed E-state index contributed by atoms with van der Waals surface area (Å²) < 4.78 is 22.0. The van der Waals surface area contributed by atoms with Crippen LogP contribution in [0.15, 0.2) is 23.0 Å². The molecule has 11 heteroatoms. The first-order valence-corrected chi connectivity index (χ1v) is 7.48. The minimum atomic E-state index is -3.93. The van der Waals surface area contributed by atoms with E-state index in [1.165, 1.54) is 12.6 Å². The Kier molecular flexibility index (Phi) is 3.28. The predicted molar refractivity (Wildman–Crippen MR) is 72.1 cm³/mol. The van der Waals surface area contributed by atoms with Gasteiger partial charge in [0.05, 0.1) is 19.2 Å². The molecule has 1 aliphatic heterocycles. The Morgan fingerprint density at radius 1 is 1.57 bits per heavy atom. The highest BCUT2D eigenvalue weighted by atomic mass is 31.2. The Morgan fingerprint density at radius 3 is 3.10 bits per heavy atom. The summed E-state index contributed by atoms with van der Waals surface area (Å²) in [6, 6.07) is 0. The lowest BCUT2D eigenvalue weighted by molar-refractivity contribution is 0.179. The summed E-state index contributed by atoms with van der Waals surface area (Å²) in [6.45, 7) is 0.456. The van der Waals surface area contributed by atoms with E-state index in [0.29, 0.717) is 24.2 Å². The Morgan fingerprint density at radius 2 is 2.38 bits per heavy atom. The monoisotopic (exact) mass is 313 g/mol. The zero-order valence-electron chi connectivity index (χ0n) is 10.7. The van der Waals surface area contributed by atoms with E-state index in [-0.39, 0.29) is 18.1 Å². The molecule has 0 aromatic carbocycles. The maximum absolute atomic E-state index is 11.6. The number of nitrogens with two attached hydrogens (primary N) is 1. The molecule has 0 saturated carbocycles. The number of aromatic nitrogens is 4. The molecule has 112 valence electrons. The van der Waals surface area contributed by atoms with Gasteiger partial charge in [0.25, 0.3) is 5.56 Å². The predicted octanol–water partition coefficient (Wildman–Crippen LogP) is 0.123. The molecule has 2 aromatic rings. The number of fused-ring (bicyclic) bond motifs is 1. The molecule has 4 N–H and O–H groups in total. The van der Waals surface area contributed by atoms with Crippen LogP contribution in [-0.4, -0.2) is 31.0 Å². The number of rotatable bonds is 3. The first-order valence-electron chi connectivity index (χ1n) is 5.99. The number of aromatic amines is 1. The Bertz CT molecular complexity index is 825. The second kappa shape index (κ2) is 4.99. The third kappa shape index (κ3) is 2.82. The first kappa shape index (κ1) is 13.8. The maximum Gasteiger partial charge on any atom is 0.527 e. The summed E-state index contributed by atoms with van der Waals surface area (Å²) in [5, 5.41) is 0. The van der Waals surface area contributed by atoms with Crippen molar-refractivity contribution in [2.45, 2.75) is 13.0 Å². The standard InChI is InChI=1S/C10H12N5O5P/c11-10-13-8-7(9(16)14-10)12-5-15(8)2-1-6-3-19-21(17,18)20-4-6/h3,5H,1-2,4H2,(H,17,18)(H3,11,13,14,16). The summed E-state index contributed by atoms with van der Waals surface area (Å²) in [7, 11) is -3.93. The van der Waals surface area contributed by atoms with Crippen molar-refractivity contribution in [3.8, 4) is 0 Å². The molecule has 0 amide bonds. The van der Waals surface area contributed by atoms with Crippen LogP contribution < -0.4 is 11.3 Å². The lowest BCUT2D eigenvalue weighted by Crippen LogP contribution is -2.12. The van der Waals surface area contributed by atoms with Crippen LogP contribution >= 0.6 is 7.82 Å². The van der Waals surface area contributed by atoms with Crippen molar-refractivity contribution in [3.63, 3.8) is 0 Å². The highest BCUT2D eigenvalue weighted by Crippen LogP contribution is 2.46. The van der Waals surface area contributed by atoms with Gasteiger partial charge in [-0.25, -0.2) is 9.55 Å². The fourth-order valence-electron chi connectivity index (χ4n) is 1.90. The number of phosphoric acid groups is 1.